The first kappa shape index (κ1) is 12.7. The number of aromatic nitrogens is 3. The van der Waals surface area contributed by atoms with Gasteiger partial charge in [-0.3, -0.25) is 4.68 Å². The Balaban J connectivity index is 1.97. The van der Waals surface area contributed by atoms with Gasteiger partial charge in [0.1, 0.15) is 12.1 Å². The summed E-state index contributed by atoms with van der Waals surface area (Å²) >= 11 is 0. The molecule has 0 bridgehead atoms. The first-order valence-corrected chi connectivity index (χ1v) is 6.76. The van der Waals surface area contributed by atoms with Gasteiger partial charge in [0, 0.05) is 11.4 Å². The van der Waals surface area contributed by atoms with Gasteiger partial charge in [-0.2, -0.15) is 5.10 Å². The molecule has 5 nitrogen and oxygen atoms in total. The van der Waals surface area contributed by atoms with E-state index in [1.165, 1.54) is 11.3 Å². The van der Waals surface area contributed by atoms with Crippen LogP contribution in [0.15, 0.2) is 22.6 Å². The number of fused-ring (bicyclic) bond motifs is 1. The number of oxazole rings is 1. The summed E-state index contributed by atoms with van der Waals surface area (Å²) in [6.07, 6.45) is 0.988. The molecule has 0 aliphatic carbocycles. The van der Waals surface area contributed by atoms with E-state index in [0.717, 1.165) is 23.2 Å². The van der Waals surface area contributed by atoms with E-state index in [1.54, 1.807) is 0 Å². The van der Waals surface area contributed by atoms with Crippen molar-refractivity contribution in [3.63, 3.8) is 0 Å². The van der Waals surface area contributed by atoms with Gasteiger partial charge in [-0.05, 0) is 44.0 Å². The molecule has 0 atom stereocenters. The van der Waals surface area contributed by atoms with Crippen LogP contribution < -0.4 is 5.73 Å². The van der Waals surface area contributed by atoms with Gasteiger partial charge < -0.3 is 10.2 Å². The van der Waals surface area contributed by atoms with Crippen molar-refractivity contribution in [3.05, 3.63) is 41.0 Å². The molecule has 1 aromatic carbocycles. The number of rotatable bonds is 3. The maximum Gasteiger partial charge on any atom is 0.217 e. The first-order valence-electron chi connectivity index (χ1n) is 6.76. The lowest BCUT2D eigenvalue weighted by molar-refractivity contribution is 0.486. The van der Waals surface area contributed by atoms with Crippen LogP contribution in [0.2, 0.25) is 0 Å². The van der Waals surface area contributed by atoms with E-state index in [4.69, 9.17) is 10.2 Å². The Kier molecular flexibility index (Phi) is 2.97. The Hall–Kier alpha value is -2.30. The molecule has 2 heterocycles. The highest BCUT2D eigenvalue weighted by Gasteiger charge is 2.13. The monoisotopic (exact) mass is 270 g/mol. The number of hydrogen-bond acceptors (Lipinski definition) is 4. The molecule has 0 aliphatic heterocycles. The smallest absolute Gasteiger partial charge is 0.217 e. The molecular weight excluding hydrogens is 252 g/mol. The molecule has 0 fully saturated rings. The highest BCUT2D eigenvalue weighted by atomic mass is 16.3. The van der Waals surface area contributed by atoms with Crippen LogP contribution in [0, 0.1) is 13.8 Å². The lowest BCUT2D eigenvalue weighted by atomic mass is 10.1. The maximum absolute atomic E-state index is 5.75. The van der Waals surface area contributed by atoms with E-state index < -0.39 is 0 Å². The topological polar surface area (TPSA) is 69.9 Å². The largest absolute Gasteiger partial charge is 0.439 e. The van der Waals surface area contributed by atoms with Crippen molar-refractivity contribution < 1.29 is 4.42 Å². The van der Waals surface area contributed by atoms with Crippen molar-refractivity contribution in [2.45, 2.75) is 33.7 Å². The summed E-state index contributed by atoms with van der Waals surface area (Å²) in [7, 11) is 0. The number of hydrogen-bond donors (Lipinski definition) is 1. The van der Waals surface area contributed by atoms with E-state index in [9.17, 15) is 0 Å². The third-order valence-electron chi connectivity index (χ3n) is 3.63. The molecule has 5 heteroatoms. The maximum atomic E-state index is 5.75. The highest BCUT2D eigenvalue weighted by molar-refractivity contribution is 5.76. The van der Waals surface area contributed by atoms with Crippen molar-refractivity contribution in [1.82, 2.24) is 14.8 Å². The fourth-order valence-electron chi connectivity index (χ4n) is 2.59. The number of nitrogens with two attached hydrogens (primary N) is 1. The minimum absolute atomic E-state index is 0.543. The summed E-state index contributed by atoms with van der Waals surface area (Å²) < 4.78 is 7.68. The Morgan fingerprint density at radius 2 is 2.10 bits per heavy atom. The summed E-state index contributed by atoms with van der Waals surface area (Å²) in [6.45, 7) is 6.80. The normalized spacial score (nSPS) is 11.3. The summed E-state index contributed by atoms with van der Waals surface area (Å²) in [6, 6.07) is 5.48. The van der Waals surface area contributed by atoms with Crippen LogP contribution in [0.5, 0.6) is 0 Å². The molecule has 2 aromatic heterocycles. The van der Waals surface area contributed by atoms with Gasteiger partial charge in [-0.15, -0.1) is 0 Å². The Morgan fingerprint density at radius 3 is 2.80 bits per heavy atom. The Labute approximate surface area is 117 Å². The molecule has 0 spiro atoms. The fourth-order valence-corrected chi connectivity index (χ4v) is 2.59. The van der Waals surface area contributed by atoms with Crippen LogP contribution in [0.25, 0.3) is 11.1 Å². The zero-order valence-corrected chi connectivity index (χ0v) is 12.0. The molecule has 0 radical (unpaired) electrons. The van der Waals surface area contributed by atoms with Gasteiger partial charge in [0.15, 0.2) is 5.58 Å². The van der Waals surface area contributed by atoms with E-state index in [1.807, 2.05) is 29.8 Å². The highest BCUT2D eigenvalue weighted by Crippen LogP contribution is 2.20. The molecule has 0 aliphatic rings. The molecular formula is C15H18N4O. The lowest BCUT2D eigenvalue weighted by Gasteiger charge is -2.01. The van der Waals surface area contributed by atoms with Gasteiger partial charge in [0.2, 0.25) is 5.89 Å². The molecule has 0 saturated carbocycles. The second kappa shape index (κ2) is 4.67. The van der Waals surface area contributed by atoms with Crippen LogP contribution in [0.3, 0.4) is 0 Å². The van der Waals surface area contributed by atoms with Gasteiger partial charge in [-0.1, -0.05) is 6.92 Å². The summed E-state index contributed by atoms with van der Waals surface area (Å²) in [4.78, 5) is 4.47. The third-order valence-corrected chi connectivity index (χ3v) is 3.63. The van der Waals surface area contributed by atoms with Crippen molar-refractivity contribution >= 4 is 16.8 Å². The lowest BCUT2D eigenvalue weighted by Crippen LogP contribution is -2.04. The Bertz CT molecular complexity index is 770. The number of nitrogens with zero attached hydrogens (tertiary/aromatic N) is 3. The zero-order valence-electron chi connectivity index (χ0n) is 12.0. The number of aryl methyl sites for hydroxylation is 1. The zero-order chi connectivity index (χ0) is 14.3. The van der Waals surface area contributed by atoms with Gasteiger partial charge in [0.25, 0.3) is 0 Å². The Morgan fingerprint density at radius 1 is 1.30 bits per heavy atom. The molecule has 2 N–H and O–H groups in total. The van der Waals surface area contributed by atoms with Crippen LogP contribution >= 0.6 is 0 Å². The SMILES string of the molecule is CCc1c(C)nn(Cc2nc3cc(N)ccc3o2)c1C. The van der Waals surface area contributed by atoms with Crippen LogP contribution in [-0.2, 0) is 13.0 Å². The number of anilines is 1. The van der Waals surface area contributed by atoms with Gasteiger partial charge >= 0.3 is 0 Å². The summed E-state index contributed by atoms with van der Waals surface area (Å²) in [5.74, 6) is 0.652. The van der Waals surface area contributed by atoms with Crippen molar-refractivity contribution in [1.29, 1.82) is 0 Å². The van der Waals surface area contributed by atoms with E-state index in [2.05, 4.69) is 23.9 Å². The molecule has 20 heavy (non-hydrogen) atoms. The average Bonchev–Trinajstić information content (AvgIpc) is 2.91. The van der Waals surface area contributed by atoms with E-state index in [-0.39, 0.29) is 0 Å². The second-order valence-corrected chi connectivity index (χ2v) is 5.00. The molecule has 104 valence electrons. The second-order valence-electron chi connectivity index (χ2n) is 5.00. The predicted molar refractivity (Wildman–Crippen MR) is 78.6 cm³/mol. The molecule has 0 unspecified atom stereocenters. The molecule has 0 amide bonds. The first-order chi connectivity index (χ1) is 9.58. The summed E-state index contributed by atoms with van der Waals surface area (Å²) in [5, 5.41) is 4.56. The number of nitrogen functional groups attached to an aromatic ring is 1. The predicted octanol–water partition coefficient (Wildman–Crippen LogP) is 2.83. The average molecular weight is 270 g/mol. The van der Waals surface area contributed by atoms with Crippen LogP contribution in [0.4, 0.5) is 5.69 Å². The molecule has 3 rings (SSSR count). The van der Waals surface area contributed by atoms with Gasteiger partial charge in [0.05, 0.1) is 5.69 Å². The van der Waals surface area contributed by atoms with Gasteiger partial charge in [-0.25, -0.2) is 4.98 Å². The minimum atomic E-state index is 0.543. The summed E-state index contributed by atoms with van der Waals surface area (Å²) in [5.41, 5.74) is 11.5. The van der Waals surface area contributed by atoms with Crippen LogP contribution in [0.1, 0.15) is 29.8 Å². The molecule has 3 aromatic rings. The quantitative estimate of drug-likeness (QED) is 0.743. The number of benzene rings is 1. The standard InChI is InChI=1S/C15H18N4O/c1-4-12-9(2)18-19(10(12)3)8-15-17-13-7-11(16)5-6-14(13)20-15/h5-7H,4,8,16H2,1-3H3. The van der Waals surface area contributed by atoms with Crippen molar-refractivity contribution in [2.24, 2.45) is 0 Å². The van der Waals surface area contributed by atoms with Crippen LogP contribution in [-0.4, -0.2) is 14.8 Å². The minimum Gasteiger partial charge on any atom is -0.439 e. The van der Waals surface area contributed by atoms with E-state index in [0.29, 0.717) is 18.1 Å². The molecule has 0 saturated heterocycles. The van der Waals surface area contributed by atoms with E-state index >= 15 is 0 Å². The third kappa shape index (κ3) is 2.05. The fraction of sp³-hybridized carbons (Fsp3) is 0.333. The van der Waals surface area contributed by atoms with Crippen molar-refractivity contribution in [2.75, 3.05) is 5.73 Å². The van der Waals surface area contributed by atoms with Crippen molar-refractivity contribution in [3.8, 4) is 0 Å².